The quantitative estimate of drug-likeness (QED) is 0.667. The number of carbonyl (C=O) groups is 1. The number of nitrogens with zero attached hydrogens (tertiary/aromatic N) is 1. The zero-order chi connectivity index (χ0) is 20.7. The summed E-state index contributed by atoms with van der Waals surface area (Å²) < 4.78 is 31.6. The van der Waals surface area contributed by atoms with E-state index in [0.717, 1.165) is 16.1 Å². The van der Waals surface area contributed by atoms with E-state index in [0.29, 0.717) is 29.5 Å². The summed E-state index contributed by atoms with van der Waals surface area (Å²) in [7, 11) is -3.70. The van der Waals surface area contributed by atoms with Crippen molar-refractivity contribution in [1.29, 1.82) is 0 Å². The number of sulfonamides is 1. The first kappa shape index (κ1) is 22.0. The van der Waals surface area contributed by atoms with Crippen LogP contribution in [0.15, 0.2) is 48.5 Å². The third-order valence-electron chi connectivity index (χ3n) is 4.12. The zero-order valence-corrected chi connectivity index (χ0v) is 17.8. The van der Waals surface area contributed by atoms with Crippen LogP contribution in [0.1, 0.15) is 25.8 Å². The molecule has 0 radical (unpaired) electrons. The second-order valence-electron chi connectivity index (χ2n) is 6.22. The Kier molecular flexibility index (Phi) is 7.71. The van der Waals surface area contributed by atoms with E-state index < -0.39 is 16.1 Å². The Morgan fingerprint density at radius 1 is 1.18 bits per heavy atom. The predicted octanol–water partition coefficient (Wildman–Crippen LogP) is 3.60. The van der Waals surface area contributed by atoms with Crippen molar-refractivity contribution >= 4 is 33.2 Å². The molecule has 0 saturated carbocycles. The summed E-state index contributed by atoms with van der Waals surface area (Å²) in [5, 5.41) is 3.22. The van der Waals surface area contributed by atoms with Crippen molar-refractivity contribution in [1.82, 2.24) is 5.32 Å². The lowest BCUT2D eigenvalue weighted by Crippen LogP contribution is -2.49. The van der Waals surface area contributed by atoms with Crippen molar-refractivity contribution in [3.05, 3.63) is 59.1 Å². The van der Waals surface area contributed by atoms with E-state index in [2.05, 4.69) is 5.32 Å². The van der Waals surface area contributed by atoms with Crippen molar-refractivity contribution < 1.29 is 17.9 Å². The van der Waals surface area contributed by atoms with E-state index in [9.17, 15) is 13.2 Å². The maximum absolute atomic E-state index is 12.9. The molecular formula is C20H25ClN2O4S. The normalized spacial score (nSPS) is 12.3. The fourth-order valence-electron chi connectivity index (χ4n) is 2.92. The predicted molar refractivity (Wildman–Crippen MR) is 112 cm³/mol. The van der Waals surface area contributed by atoms with Gasteiger partial charge in [0.05, 0.1) is 18.6 Å². The molecule has 2 aromatic carbocycles. The van der Waals surface area contributed by atoms with Crippen molar-refractivity contribution in [3.63, 3.8) is 0 Å². The minimum atomic E-state index is -3.70. The lowest BCUT2D eigenvalue weighted by molar-refractivity contribution is -0.122. The van der Waals surface area contributed by atoms with Crippen LogP contribution in [0, 0.1) is 0 Å². The van der Waals surface area contributed by atoms with E-state index in [1.807, 2.05) is 31.2 Å². The first-order valence-corrected chi connectivity index (χ1v) is 11.2. The van der Waals surface area contributed by atoms with E-state index in [-0.39, 0.29) is 12.5 Å². The number of halogens is 1. The highest BCUT2D eigenvalue weighted by Gasteiger charge is 2.31. The maximum Gasteiger partial charge on any atom is 0.244 e. The van der Waals surface area contributed by atoms with Crippen LogP contribution in [-0.4, -0.2) is 33.2 Å². The van der Waals surface area contributed by atoms with Crippen LogP contribution < -0.4 is 14.4 Å². The molecule has 0 fully saturated rings. The Labute approximate surface area is 171 Å². The van der Waals surface area contributed by atoms with Gasteiger partial charge in [-0.25, -0.2) is 8.42 Å². The van der Waals surface area contributed by atoms with E-state index in [1.54, 1.807) is 25.1 Å². The molecule has 0 bridgehead atoms. The lowest BCUT2D eigenvalue weighted by Gasteiger charge is -2.30. The highest BCUT2D eigenvalue weighted by Crippen LogP contribution is 2.25. The van der Waals surface area contributed by atoms with Crippen LogP contribution in [0.25, 0.3) is 0 Å². The van der Waals surface area contributed by atoms with Gasteiger partial charge in [-0.2, -0.15) is 0 Å². The molecule has 0 saturated heterocycles. The number of ether oxygens (including phenoxy) is 1. The number of rotatable bonds is 9. The molecular weight excluding hydrogens is 400 g/mol. The molecule has 0 spiro atoms. The molecule has 0 aliphatic rings. The molecule has 1 atom stereocenters. The van der Waals surface area contributed by atoms with Crippen LogP contribution >= 0.6 is 11.6 Å². The average Bonchev–Trinajstić information content (AvgIpc) is 2.64. The summed E-state index contributed by atoms with van der Waals surface area (Å²) in [6, 6.07) is 13.0. The third-order valence-corrected chi connectivity index (χ3v) is 5.53. The van der Waals surface area contributed by atoms with Gasteiger partial charge in [0, 0.05) is 17.1 Å². The monoisotopic (exact) mass is 424 g/mol. The van der Waals surface area contributed by atoms with Crippen molar-refractivity contribution in [3.8, 4) is 5.75 Å². The average molecular weight is 425 g/mol. The highest BCUT2D eigenvalue weighted by atomic mass is 35.5. The van der Waals surface area contributed by atoms with Crippen LogP contribution in [0.4, 0.5) is 5.69 Å². The fourth-order valence-corrected chi connectivity index (χ4v) is 4.31. The highest BCUT2D eigenvalue weighted by molar-refractivity contribution is 7.92. The molecule has 0 aliphatic heterocycles. The van der Waals surface area contributed by atoms with Gasteiger partial charge in [-0.05, 0) is 37.6 Å². The van der Waals surface area contributed by atoms with Gasteiger partial charge in [0.1, 0.15) is 11.8 Å². The first-order chi connectivity index (χ1) is 13.3. The molecule has 8 heteroatoms. The molecule has 28 heavy (non-hydrogen) atoms. The van der Waals surface area contributed by atoms with Crippen LogP contribution in [0.3, 0.4) is 0 Å². The van der Waals surface area contributed by atoms with Crippen LogP contribution in [-0.2, 0) is 21.4 Å². The standard InChI is InChI=1S/C20H25ClN2O4S/c1-4-18(23(28(3,25)26)17-11-8-10-16(21)13-17)20(24)22-14-15-9-6-7-12-19(15)27-5-2/h6-13,18H,4-5,14H2,1-3H3,(H,22,24)/t18-/m0/s1. The van der Waals surface area contributed by atoms with Gasteiger partial charge in [0.2, 0.25) is 15.9 Å². The Balaban J connectivity index is 2.25. The number of benzene rings is 2. The fraction of sp³-hybridized carbons (Fsp3) is 0.350. The maximum atomic E-state index is 12.9. The Morgan fingerprint density at radius 3 is 2.50 bits per heavy atom. The first-order valence-electron chi connectivity index (χ1n) is 9.01. The molecule has 0 aromatic heterocycles. The molecule has 6 nitrogen and oxygen atoms in total. The van der Waals surface area contributed by atoms with Gasteiger partial charge < -0.3 is 10.1 Å². The molecule has 152 valence electrons. The smallest absolute Gasteiger partial charge is 0.244 e. The molecule has 2 aromatic rings. The van der Waals surface area contributed by atoms with Gasteiger partial charge in [-0.15, -0.1) is 0 Å². The van der Waals surface area contributed by atoms with Crippen LogP contribution in [0.2, 0.25) is 5.02 Å². The minimum Gasteiger partial charge on any atom is -0.494 e. The van der Waals surface area contributed by atoms with Crippen LogP contribution in [0.5, 0.6) is 5.75 Å². The Hall–Kier alpha value is -2.25. The number of hydrogen-bond acceptors (Lipinski definition) is 4. The summed E-state index contributed by atoms with van der Waals surface area (Å²) in [4.78, 5) is 12.9. The minimum absolute atomic E-state index is 0.235. The van der Waals surface area contributed by atoms with Crippen molar-refractivity contribution in [2.24, 2.45) is 0 Å². The summed E-state index contributed by atoms with van der Waals surface area (Å²) >= 11 is 6.02. The molecule has 1 amide bonds. The van der Waals surface area contributed by atoms with Gasteiger partial charge in [-0.3, -0.25) is 9.10 Å². The second kappa shape index (κ2) is 9.80. The molecule has 0 aliphatic carbocycles. The topological polar surface area (TPSA) is 75.7 Å². The second-order valence-corrected chi connectivity index (χ2v) is 8.52. The summed E-state index contributed by atoms with van der Waals surface area (Å²) in [5.74, 6) is 0.298. The number of amides is 1. The SMILES string of the molecule is CCOc1ccccc1CNC(=O)[C@H](CC)N(c1cccc(Cl)c1)S(C)(=O)=O. The number of carbonyl (C=O) groups excluding carboxylic acids is 1. The van der Waals surface area contributed by atoms with Gasteiger partial charge in [-0.1, -0.05) is 42.8 Å². The summed E-state index contributed by atoms with van der Waals surface area (Å²) in [5.41, 5.74) is 1.17. The third kappa shape index (κ3) is 5.62. The van der Waals surface area contributed by atoms with E-state index in [1.165, 1.54) is 6.07 Å². The largest absolute Gasteiger partial charge is 0.494 e. The molecule has 0 unspecified atom stereocenters. The summed E-state index contributed by atoms with van der Waals surface area (Å²) in [6.45, 7) is 4.40. The number of para-hydroxylation sites is 1. The van der Waals surface area contributed by atoms with Crippen molar-refractivity contribution in [2.75, 3.05) is 17.2 Å². The van der Waals surface area contributed by atoms with Gasteiger partial charge >= 0.3 is 0 Å². The number of nitrogens with one attached hydrogen (secondary N) is 1. The zero-order valence-electron chi connectivity index (χ0n) is 16.2. The van der Waals surface area contributed by atoms with Gasteiger partial charge in [0.15, 0.2) is 0 Å². The molecule has 1 N–H and O–H groups in total. The Bertz CT molecular complexity index is 918. The number of anilines is 1. The summed E-state index contributed by atoms with van der Waals surface area (Å²) in [6.07, 6.45) is 1.38. The molecule has 2 rings (SSSR count). The number of hydrogen-bond donors (Lipinski definition) is 1. The molecule has 0 heterocycles. The Morgan fingerprint density at radius 2 is 1.89 bits per heavy atom. The lowest BCUT2D eigenvalue weighted by atomic mass is 10.1. The van der Waals surface area contributed by atoms with Crippen molar-refractivity contribution in [2.45, 2.75) is 32.9 Å². The van der Waals surface area contributed by atoms with Gasteiger partial charge in [0.25, 0.3) is 0 Å². The van der Waals surface area contributed by atoms with E-state index >= 15 is 0 Å². The van der Waals surface area contributed by atoms with E-state index in [4.69, 9.17) is 16.3 Å².